The van der Waals surface area contributed by atoms with Crippen molar-refractivity contribution in [2.75, 3.05) is 0 Å². The van der Waals surface area contributed by atoms with Gasteiger partial charge in [0.25, 0.3) is 0 Å². The fourth-order valence-electron chi connectivity index (χ4n) is 1.97. The Kier molecular flexibility index (Phi) is 3.55. The van der Waals surface area contributed by atoms with Gasteiger partial charge in [0.15, 0.2) is 5.78 Å². The van der Waals surface area contributed by atoms with Crippen LogP contribution in [0.25, 0.3) is 0 Å². The van der Waals surface area contributed by atoms with Crippen molar-refractivity contribution in [2.24, 2.45) is 7.05 Å². The summed E-state index contributed by atoms with van der Waals surface area (Å²) in [5.74, 6) is 0.142. The molecule has 0 aromatic carbocycles. The minimum Gasteiger partial charge on any atom is -0.294 e. The highest BCUT2D eigenvalue weighted by Crippen LogP contribution is 2.11. The summed E-state index contributed by atoms with van der Waals surface area (Å²) in [4.78, 5) is 16.4. The molecule has 4 heteroatoms. The molecule has 0 unspecified atom stereocenters. The molecule has 0 aliphatic rings. The monoisotopic (exact) mass is 243 g/mol. The second-order valence-electron chi connectivity index (χ2n) is 4.53. The topological polar surface area (TPSA) is 47.8 Å². The van der Waals surface area contributed by atoms with E-state index in [9.17, 15) is 4.79 Å². The molecule has 94 valence electrons. The number of nitrogens with zero attached hydrogens (tertiary/aromatic N) is 3. The van der Waals surface area contributed by atoms with Gasteiger partial charge in [0.2, 0.25) is 0 Å². The number of aromatic nitrogens is 3. The van der Waals surface area contributed by atoms with E-state index in [1.165, 1.54) is 0 Å². The molecule has 2 aromatic heterocycles. The second-order valence-corrected chi connectivity index (χ2v) is 4.53. The van der Waals surface area contributed by atoms with Crippen LogP contribution in [0, 0.1) is 13.8 Å². The average molecular weight is 243 g/mol. The highest BCUT2D eigenvalue weighted by molar-refractivity contribution is 5.97. The number of hydrogen-bond donors (Lipinski definition) is 0. The number of rotatable bonds is 4. The summed E-state index contributed by atoms with van der Waals surface area (Å²) in [5.41, 5.74) is 3.57. The summed E-state index contributed by atoms with van der Waals surface area (Å²) in [6.07, 6.45) is 4.96. The van der Waals surface area contributed by atoms with E-state index in [0.717, 1.165) is 28.9 Å². The first-order valence-electron chi connectivity index (χ1n) is 6.01. The molecule has 0 N–H and O–H groups in total. The van der Waals surface area contributed by atoms with Crippen molar-refractivity contribution in [1.82, 2.24) is 14.8 Å². The van der Waals surface area contributed by atoms with Crippen LogP contribution in [-0.2, 0) is 13.5 Å². The number of aryl methyl sites for hydroxylation is 4. The third-order valence-electron chi connectivity index (χ3n) is 2.92. The molecular weight excluding hydrogens is 226 g/mol. The van der Waals surface area contributed by atoms with Crippen LogP contribution < -0.4 is 0 Å². The Morgan fingerprint density at radius 3 is 2.72 bits per heavy atom. The van der Waals surface area contributed by atoms with Crippen LogP contribution in [0.1, 0.15) is 33.7 Å². The molecule has 2 rings (SSSR count). The third-order valence-corrected chi connectivity index (χ3v) is 2.92. The molecule has 0 radical (unpaired) electrons. The fraction of sp³-hybridized carbons (Fsp3) is 0.357. The van der Waals surface area contributed by atoms with Gasteiger partial charge in [0.1, 0.15) is 0 Å². The Morgan fingerprint density at radius 2 is 2.11 bits per heavy atom. The molecule has 0 amide bonds. The molecule has 0 saturated heterocycles. The van der Waals surface area contributed by atoms with Gasteiger partial charge < -0.3 is 0 Å². The molecule has 0 aliphatic carbocycles. The van der Waals surface area contributed by atoms with Crippen molar-refractivity contribution < 1.29 is 4.79 Å². The maximum Gasteiger partial charge on any atom is 0.165 e. The third kappa shape index (κ3) is 2.83. The smallest absolute Gasteiger partial charge is 0.165 e. The molecule has 4 nitrogen and oxygen atoms in total. The molecular formula is C14H17N3O. The number of carbonyl (C=O) groups excluding carboxylic acids is 1. The first kappa shape index (κ1) is 12.5. The fourth-order valence-corrected chi connectivity index (χ4v) is 1.97. The summed E-state index contributed by atoms with van der Waals surface area (Å²) in [7, 11) is 1.87. The standard InChI is InChI=1S/C14H17N3O/c1-10-4-6-13(11(2)16-10)14(18)7-5-12-8-15-17(3)9-12/h4,6,8-9H,5,7H2,1-3H3. The lowest BCUT2D eigenvalue weighted by molar-refractivity contribution is 0.0982. The van der Waals surface area contributed by atoms with Crippen LogP contribution in [0.3, 0.4) is 0 Å². The zero-order valence-electron chi connectivity index (χ0n) is 11.0. The summed E-state index contributed by atoms with van der Waals surface area (Å²) in [5, 5.41) is 4.09. The van der Waals surface area contributed by atoms with Crippen LogP contribution in [0.2, 0.25) is 0 Å². The van der Waals surface area contributed by atoms with Crippen LogP contribution in [0.15, 0.2) is 24.5 Å². The normalized spacial score (nSPS) is 10.6. The Hall–Kier alpha value is -1.97. The van der Waals surface area contributed by atoms with Gasteiger partial charge >= 0.3 is 0 Å². The van der Waals surface area contributed by atoms with Gasteiger partial charge in [-0.15, -0.1) is 0 Å². The molecule has 0 spiro atoms. The maximum absolute atomic E-state index is 12.1. The van der Waals surface area contributed by atoms with Crippen molar-refractivity contribution in [3.63, 3.8) is 0 Å². The first-order chi connectivity index (χ1) is 8.56. The Morgan fingerprint density at radius 1 is 1.33 bits per heavy atom. The lowest BCUT2D eigenvalue weighted by Gasteiger charge is -2.04. The molecule has 0 saturated carbocycles. The van der Waals surface area contributed by atoms with Crippen molar-refractivity contribution in [2.45, 2.75) is 26.7 Å². The summed E-state index contributed by atoms with van der Waals surface area (Å²) in [6, 6.07) is 3.74. The van der Waals surface area contributed by atoms with Crippen molar-refractivity contribution >= 4 is 5.78 Å². The average Bonchev–Trinajstić information content (AvgIpc) is 2.72. The Labute approximate surface area is 107 Å². The van der Waals surface area contributed by atoms with Gasteiger partial charge in [-0.2, -0.15) is 5.10 Å². The summed E-state index contributed by atoms with van der Waals surface area (Å²) >= 11 is 0. The predicted octanol–water partition coefficient (Wildman–Crippen LogP) is 2.25. The van der Waals surface area contributed by atoms with E-state index in [4.69, 9.17) is 0 Å². The zero-order valence-corrected chi connectivity index (χ0v) is 11.0. The van der Waals surface area contributed by atoms with E-state index in [2.05, 4.69) is 10.1 Å². The van der Waals surface area contributed by atoms with E-state index in [1.54, 1.807) is 10.9 Å². The molecule has 0 aliphatic heterocycles. The van der Waals surface area contributed by atoms with Gasteiger partial charge in [-0.3, -0.25) is 14.5 Å². The zero-order chi connectivity index (χ0) is 13.1. The minimum absolute atomic E-state index is 0.142. The SMILES string of the molecule is Cc1ccc(C(=O)CCc2cnn(C)c2)c(C)n1. The highest BCUT2D eigenvalue weighted by Gasteiger charge is 2.10. The molecule has 2 heterocycles. The molecule has 0 bridgehead atoms. The largest absolute Gasteiger partial charge is 0.294 e. The van der Waals surface area contributed by atoms with Crippen LogP contribution in [0.5, 0.6) is 0 Å². The second kappa shape index (κ2) is 5.12. The van der Waals surface area contributed by atoms with E-state index >= 15 is 0 Å². The van der Waals surface area contributed by atoms with Gasteiger partial charge in [0.05, 0.1) is 6.20 Å². The number of Topliss-reactive ketones (excluding diaryl/α,β-unsaturated/α-hetero) is 1. The van der Waals surface area contributed by atoms with E-state index in [1.807, 2.05) is 39.2 Å². The van der Waals surface area contributed by atoms with Crippen molar-refractivity contribution in [1.29, 1.82) is 0 Å². The van der Waals surface area contributed by atoms with Crippen molar-refractivity contribution in [3.05, 3.63) is 47.0 Å². The van der Waals surface area contributed by atoms with Crippen LogP contribution in [-0.4, -0.2) is 20.5 Å². The number of carbonyl (C=O) groups is 1. The highest BCUT2D eigenvalue weighted by atomic mass is 16.1. The number of ketones is 1. The molecule has 18 heavy (non-hydrogen) atoms. The van der Waals surface area contributed by atoms with Gasteiger partial charge in [-0.25, -0.2) is 0 Å². The van der Waals surface area contributed by atoms with Crippen LogP contribution >= 0.6 is 0 Å². The van der Waals surface area contributed by atoms with Crippen LogP contribution in [0.4, 0.5) is 0 Å². The summed E-state index contributed by atoms with van der Waals surface area (Å²) < 4.78 is 1.75. The predicted molar refractivity (Wildman–Crippen MR) is 69.6 cm³/mol. The summed E-state index contributed by atoms with van der Waals surface area (Å²) in [6.45, 7) is 3.81. The van der Waals surface area contributed by atoms with Gasteiger partial charge in [-0.05, 0) is 38.0 Å². The maximum atomic E-state index is 12.1. The first-order valence-corrected chi connectivity index (χ1v) is 6.01. The molecule has 0 atom stereocenters. The van der Waals surface area contributed by atoms with E-state index in [-0.39, 0.29) is 5.78 Å². The lowest BCUT2D eigenvalue weighted by Crippen LogP contribution is -2.05. The lowest BCUT2D eigenvalue weighted by atomic mass is 10.0. The van der Waals surface area contributed by atoms with E-state index in [0.29, 0.717) is 6.42 Å². The van der Waals surface area contributed by atoms with Gasteiger partial charge in [-0.1, -0.05) is 0 Å². The van der Waals surface area contributed by atoms with E-state index < -0.39 is 0 Å². The van der Waals surface area contributed by atoms with Gasteiger partial charge in [0, 0.05) is 36.6 Å². The number of pyridine rings is 1. The molecule has 0 fully saturated rings. The number of hydrogen-bond acceptors (Lipinski definition) is 3. The molecule has 2 aromatic rings. The Bertz CT molecular complexity index is 572. The minimum atomic E-state index is 0.142. The van der Waals surface area contributed by atoms with Crippen molar-refractivity contribution in [3.8, 4) is 0 Å². The quantitative estimate of drug-likeness (QED) is 0.774. The Balaban J connectivity index is 2.03.